The number of hydrogen-bond donors (Lipinski definition) is 2. The number of amides is 2. The van der Waals surface area contributed by atoms with Gasteiger partial charge >= 0.3 is 6.03 Å². The summed E-state index contributed by atoms with van der Waals surface area (Å²) in [4.78, 5) is 10.4. The SMILES string of the molecule is CC(CC1CC=CCC1)=NNC(N)=O. The Hall–Kier alpha value is -1.32. The fourth-order valence-corrected chi connectivity index (χ4v) is 1.66. The Morgan fingerprint density at radius 2 is 2.43 bits per heavy atom. The number of rotatable bonds is 3. The van der Waals surface area contributed by atoms with E-state index >= 15 is 0 Å². The molecule has 2 amide bonds. The molecule has 4 heteroatoms. The van der Waals surface area contributed by atoms with Crippen LogP contribution in [0.15, 0.2) is 17.3 Å². The van der Waals surface area contributed by atoms with Gasteiger partial charge in [0, 0.05) is 5.71 Å². The van der Waals surface area contributed by atoms with E-state index in [0.29, 0.717) is 5.92 Å². The largest absolute Gasteiger partial charge is 0.350 e. The molecule has 1 unspecified atom stereocenters. The number of carbonyl (C=O) groups is 1. The first-order valence-electron chi connectivity index (χ1n) is 4.92. The lowest BCUT2D eigenvalue weighted by Crippen LogP contribution is -2.25. The molecule has 0 fully saturated rings. The zero-order valence-corrected chi connectivity index (χ0v) is 8.49. The predicted octanol–water partition coefficient (Wildman–Crippen LogP) is 1.78. The van der Waals surface area contributed by atoms with Crippen LogP contribution in [0, 0.1) is 5.92 Å². The van der Waals surface area contributed by atoms with Crippen molar-refractivity contribution in [2.45, 2.75) is 32.6 Å². The number of nitrogens with two attached hydrogens (primary N) is 1. The van der Waals surface area contributed by atoms with Crippen LogP contribution >= 0.6 is 0 Å². The molecule has 78 valence electrons. The van der Waals surface area contributed by atoms with E-state index in [4.69, 9.17) is 5.73 Å². The summed E-state index contributed by atoms with van der Waals surface area (Å²) >= 11 is 0. The van der Waals surface area contributed by atoms with Crippen LogP contribution in [0.2, 0.25) is 0 Å². The van der Waals surface area contributed by atoms with Crippen molar-refractivity contribution in [3.05, 3.63) is 12.2 Å². The lowest BCUT2D eigenvalue weighted by atomic mass is 9.90. The Morgan fingerprint density at radius 1 is 1.64 bits per heavy atom. The quantitative estimate of drug-likeness (QED) is 0.402. The highest BCUT2D eigenvalue weighted by Gasteiger charge is 2.10. The predicted molar refractivity (Wildman–Crippen MR) is 56.9 cm³/mol. The van der Waals surface area contributed by atoms with Crippen LogP contribution in [-0.4, -0.2) is 11.7 Å². The highest BCUT2D eigenvalue weighted by Crippen LogP contribution is 2.21. The Kier molecular flexibility index (Phi) is 4.16. The van der Waals surface area contributed by atoms with Gasteiger partial charge in [-0.05, 0) is 38.5 Å². The Labute approximate surface area is 84.2 Å². The second kappa shape index (κ2) is 5.42. The molecule has 0 aromatic carbocycles. The molecule has 14 heavy (non-hydrogen) atoms. The summed E-state index contributed by atoms with van der Waals surface area (Å²) in [5.41, 5.74) is 8.08. The summed E-state index contributed by atoms with van der Waals surface area (Å²) < 4.78 is 0. The van der Waals surface area contributed by atoms with Crippen LogP contribution in [-0.2, 0) is 0 Å². The van der Waals surface area contributed by atoms with Gasteiger partial charge in [-0.2, -0.15) is 5.10 Å². The van der Waals surface area contributed by atoms with Crippen molar-refractivity contribution in [2.75, 3.05) is 0 Å². The van der Waals surface area contributed by atoms with Gasteiger partial charge in [0.25, 0.3) is 0 Å². The van der Waals surface area contributed by atoms with Crippen molar-refractivity contribution < 1.29 is 4.79 Å². The second-order valence-electron chi connectivity index (χ2n) is 3.68. The number of hydrazone groups is 1. The van der Waals surface area contributed by atoms with Gasteiger partial charge in [0.15, 0.2) is 0 Å². The van der Waals surface area contributed by atoms with Crippen molar-refractivity contribution in [3.63, 3.8) is 0 Å². The number of primary amides is 1. The summed E-state index contributed by atoms with van der Waals surface area (Å²) in [7, 11) is 0. The number of allylic oxidation sites excluding steroid dienone is 2. The molecule has 0 saturated heterocycles. The van der Waals surface area contributed by atoms with Gasteiger partial charge in [-0.15, -0.1) is 0 Å². The van der Waals surface area contributed by atoms with Gasteiger partial charge in [0.05, 0.1) is 0 Å². The zero-order valence-electron chi connectivity index (χ0n) is 8.49. The number of nitrogens with one attached hydrogen (secondary N) is 1. The molecular formula is C10H17N3O. The van der Waals surface area contributed by atoms with Gasteiger partial charge in [0.2, 0.25) is 0 Å². The van der Waals surface area contributed by atoms with Crippen LogP contribution in [0.5, 0.6) is 0 Å². The number of nitrogens with zero attached hydrogens (tertiary/aromatic N) is 1. The molecule has 0 heterocycles. The lowest BCUT2D eigenvalue weighted by molar-refractivity contribution is 0.249. The third-order valence-electron chi connectivity index (χ3n) is 2.32. The first-order valence-corrected chi connectivity index (χ1v) is 4.92. The van der Waals surface area contributed by atoms with Crippen LogP contribution < -0.4 is 11.2 Å². The fourth-order valence-electron chi connectivity index (χ4n) is 1.66. The smallest absolute Gasteiger partial charge is 0.332 e. The van der Waals surface area contributed by atoms with Crippen molar-refractivity contribution in [1.82, 2.24) is 5.43 Å². The summed E-state index contributed by atoms with van der Waals surface area (Å²) in [6, 6.07) is -0.604. The molecule has 0 radical (unpaired) electrons. The number of hydrogen-bond acceptors (Lipinski definition) is 2. The van der Waals surface area contributed by atoms with E-state index in [1.807, 2.05) is 6.92 Å². The average molecular weight is 195 g/mol. The van der Waals surface area contributed by atoms with E-state index < -0.39 is 6.03 Å². The zero-order chi connectivity index (χ0) is 10.4. The molecule has 1 atom stereocenters. The van der Waals surface area contributed by atoms with E-state index in [0.717, 1.165) is 25.0 Å². The van der Waals surface area contributed by atoms with Gasteiger partial charge in [-0.3, -0.25) is 0 Å². The van der Waals surface area contributed by atoms with Gasteiger partial charge in [-0.1, -0.05) is 12.2 Å². The van der Waals surface area contributed by atoms with Gasteiger partial charge in [-0.25, -0.2) is 10.2 Å². The maximum atomic E-state index is 10.4. The molecule has 4 nitrogen and oxygen atoms in total. The minimum Gasteiger partial charge on any atom is -0.350 e. The monoisotopic (exact) mass is 195 g/mol. The summed E-state index contributed by atoms with van der Waals surface area (Å²) in [6.07, 6.45) is 8.84. The minimum absolute atomic E-state index is 0.604. The molecule has 3 N–H and O–H groups in total. The molecule has 1 aliphatic carbocycles. The molecule has 0 aliphatic heterocycles. The highest BCUT2D eigenvalue weighted by molar-refractivity contribution is 5.83. The van der Waals surface area contributed by atoms with E-state index in [1.165, 1.54) is 6.42 Å². The number of carbonyl (C=O) groups excluding carboxylic acids is 1. The van der Waals surface area contributed by atoms with Crippen LogP contribution in [0.4, 0.5) is 4.79 Å². The van der Waals surface area contributed by atoms with Crippen molar-refractivity contribution in [3.8, 4) is 0 Å². The average Bonchev–Trinajstić information content (AvgIpc) is 2.16. The molecule has 0 saturated carbocycles. The van der Waals surface area contributed by atoms with Gasteiger partial charge in [0.1, 0.15) is 0 Å². The fraction of sp³-hybridized carbons (Fsp3) is 0.600. The number of urea groups is 1. The molecule has 0 aromatic heterocycles. The molecule has 0 bridgehead atoms. The Bertz CT molecular complexity index is 258. The molecular weight excluding hydrogens is 178 g/mol. The van der Waals surface area contributed by atoms with E-state index in [2.05, 4.69) is 22.7 Å². The van der Waals surface area contributed by atoms with Crippen molar-refractivity contribution >= 4 is 11.7 Å². The molecule has 0 spiro atoms. The topological polar surface area (TPSA) is 67.5 Å². The standard InChI is InChI=1S/C10H17N3O/c1-8(12-13-10(11)14)7-9-5-3-2-4-6-9/h2-3,9H,4-7H2,1H3,(H3,11,13,14). The van der Waals surface area contributed by atoms with E-state index in [1.54, 1.807) is 0 Å². The third-order valence-corrected chi connectivity index (χ3v) is 2.32. The lowest BCUT2D eigenvalue weighted by Gasteiger charge is -2.16. The van der Waals surface area contributed by atoms with E-state index in [9.17, 15) is 4.79 Å². The Morgan fingerprint density at radius 3 is 3.00 bits per heavy atom. The van der Waals surface area contributed by atoms with Crippen LogP contribution in [0.25, 0.3) is 0 Å². The van der Waals surface area contributed by atoms with Crippen LogP contribution in [0.1, 0.15) is 32.6 Å². The normalized spacial score (nSPS) is 22.1. The second-order valence-corrected chi connectivity index (χ2v) is 3.68. The van der Waals surface area contributed by atoms with Crippen LogP contribution in [0.3, 0.4) is 0 Å². The minimum atomic E-state index is -0.604. The van der Waals surface area contributed by atoms with Gasteiger partial charge < -0.3 is 5.73 Å². The first-order chi connectivity index (χ1) is 6.68. The third kappa shape index (κ3) is 4.07. The summed E-state index contributed by atoms with van der Waals surface area (Å²) in [5.74, 6) is 0.665. The first kappa shape index (κ1) is 10.8. The summed E-state index contributed by atoms with van der Waals surface area (Å²) in [6.45, 7) is 1.91. The molecule has 1 aliphatic rings. The molecule has 0 aromatic rings. The van der Waals surface area contributed by atoms with Crippen molar-refractivity contribution in [1.29, 1.82) is 0 Å². The maximum absolute atomic E-state index is 10.4. The summed E-state index contributed by atoms with van der Waals surface area (Å²) in [5, 5.41) is 3.89. The highest BCUT2D eigenvalue weighted by atomic mass is 16.2. The Balaban J connectivity index is 2.31. The van der Waals surface area contributed by atoms with Crippen molar-refractivity contribution in [2.24, 2.45) is 16.8 Å². The van der Waals surface area contributed by atoms with E-state index in [-0.39, 0.29) is 0 Å². The molecule has 1 rings (SSSR count). The maximum Gasteiger partial charge on any atom is 0.332 e.